The molecule has 1 fully saturated rings. The van der Waals surface area contributed by atoms with E-state index in [9.17, 15) is 4.79 Å². The zero-order valence-electron chi connectivity index (χ0n) is 11.1. The Kier molecular flexibility index (Phi) is 3.57. The molecule has 1 aliphatic rings. The van der Waals surface area contributed by atoms with Crippen LogP contribution >= 0.6 is 11.6 Å². The van der Waals surface area contributed by atoms with Crippen molar-refractivity contribution in [2.24, 2.45) is 0 Å². The standard InChI is InChI=1S/C15H16ClN3O/c16-10-15(6-1-2-7-15)19-14(20)11-4-3-5-12-13(11)18-9-8-17-12/h3-5,8-9H,1-2,6-7,10H2,(H,19,20). The highest BCUT2D eigenvalue weighted by Crippen LogP contribution is 2.31. The first-order valence-corrected chi connectivity index (χ1v) is 7.36. The number of nitrogens with zero attached hydrogens (tertiary/aromatic N) is 2. The SMILES string of the molecule is O=C(NC1(CCl)CCCC1)c1cccc2nccnc12. The van der Waals surface area contributed by atoms with Crippen LogP contribution in [0.3, 0.4) is 0 Å². The fourth-order valence-corrected chi connectivity index (χ4v) is 3.16. The molecule has 0 atom stereocenters. The van der Waals surface area contributed by atoms with E-state index >= 15 is 0 Å². The molecule has 4 nitrogen and oxygen atoms in total. The van der Waals surface area contributed by atoms with Crippen LogP contribution in [0.15, 0.2) is 30.6 Å². The van der Waals surface area contributed by atoms with Gasteiger partial charge in [0.2, 0.25) is 0 Å². The second kappa shape index (κ2) is 5.37. The monoisotopic (exact) mass is 289 g/mol. The van der Waals surface area contributed by atoms with Gasteiger partial charge in [0.1, 0.15) is 5.52 Å². The maximum absolute atomic E-state index is 12.5. The number of para-hydroxylation sites is 1. The van der Waals surface area contributed by atoms with E-state index in [0.717, 1.165) is 31.2 Å². The van der Waals surface area contributed by atoms with Gasteiger partial charge in [-0.05, 0) is 25.0 Å². The van der Waals surface area contributed by atoms with E-state index in [4.69, 9.17) is 11.6 Å². The molecule has 1 aliphatic carbocycles. The minimum Gasteiger partial charge on any atom is -0.345 e. The van der Waals surface area contributed by atoms with Gasteiger partial charge in [-0.2, -0.15) is 0 Å². The fraction of sp³-hybridized carbons (Fsp3) is 0.400. The maximum Gasteiger partial charge on any atom is 0.254 e. The van der Waals surface area contributed by atoms with Crippen LogP contribution in [-0.4, -0.2) is 27.3 Å². The third kappa shape index (κ3) is 2.36. The number of carbonyl (C=O) groups excluding carboxylic acids is 1. The van der Waals surface area contributed by atoms with Crippen LogP contribution in [0.1, 0.15) is 36.0 Å². The lowest BCUT2D eigenvalue weighted by molar-refractivity contribution is 0.0911. The summed E-state index contributed by atoms with van der Waals surface area (Å²) < 4.78 is 0. The highest BCUT2D eigenvalue weighted by molar-refractivity contribution is 6.19. The van der Waals surface area contributed by atoms with Crippen molar-refractivity contribution in [1.82, 2.24) is 15.3 Å². The van der Waals surface area contributed by atoms with E-state index in [1.54, 1.807) is 18.5 Å². The number of amides is 1. The Morgan fingerprint density at radius 1 is 1.25 bits per heavy atom. The topological polar surface area (TPSA) is 54.9 Å². The molecule has 1 saturated carbocycles. The van der Waals surface area contributed by atoms with Gasteiger partial charge >= 0.3 is 0 Å². The molecule has 20 heavy (non-hydrogen) atoms. The molecule has 0 unspecified atom stereocenters. The predicted molar refractivity (Wildman–Crippen MR) is 78.9 cm³/mol. The van der Waals surface area contributed by atoms with E-state index in [2.05, 4.69) is 15.3 Å². The summed E-state index contributed by atoms with van der Waals surface area (Å²) in [5.74, 6) is 0.341. The maximum atomic E-state index is 12.5. The zero-order valence-corrected chi connectivity index (χ0v) is 11.9. The molecule has 0 saturated heterocycles. The Balaban J connectivity index is 1.93. The molecular weight excluding hydrogens is 274 g/mol. The first-order chi connectivity index (χ1) is 9.74. The van der Waals surface area contributed by atoms with Crippen LogP contribution in [0.5, 0.6) is 0 Å². The third-order valence-corrected chi connectivity index (χ3v) is 4.45. The van der Waals surface area contributed by atoms with Gasteiger partial charge in [-0.3, -0.25) is 14.8 Å². The van der Waals surface area contributed by atoms with Crippen molar-refractivity contribution >= 4 is 28.5 Å². The van der Waals surface area contributed by atoms with Crippen LogP contribution in [-0.2, 0) is 0 Å². The first kappa shape index (κ1) is 13.3. The number of hydrogen-bond acceptors (Lipinski definition) is 3. The number of alkyl halides is 1. The number of nitrogens with one attached hydrogen (secondary N) is 1. The first-order valence-electron chi connectivity index (χ1n) is 6.82. The summed E-state index contributed by atoms with van der Waals surface area (Å²) in [6, 6.07) is 5.46. The largest absolute Gasteiger partial charge is 0.345 e. The summed E-state index contributed by atoms with van der Waals surface area (Å²) in [5.41, 5.74) is 1.66. The van der Waals surface area contributed by atoms with Gasteiger partial charge < -0.3 is 5.32 Å². The van der Waals surface area contributed by atoms with Gasteiger partial charge in [-0.15, -0.1) is 11.6 Å². The van der Waals surface area contributed by atoms with Crippen molar-refractivity contribution < 1.29 is 4.79 Å². The van der Waals surface area contributed by atoms with Gasteiger partial charge in [0.25, 0.3) is 5.91 Å². The van der Waals surface area contributed by atoms with E-state index in [1.807, 2.05) is 12.1 Å². The molecule has 1 amide bonds. The van der Waals surface area contributed by atoms with Crippen molar-refractivity contribution in [2.75, 3.05) is 5.88 Å². The van der Waals surface area contributed by atoms with Gasteiger partial charge in [0.15, 0.2) is 0 Å². The number of carbonyl (C=O) groups is 1. The Morgan fingerprint density at radius 3 is 2.75 bits per heavy atom. The number of rotatable bonds is 3. The second-order valence-corrected chi connectivity index (χ2v) is 5.57. The Bertz CT molecular complexity index is 633. The van der Waals surface area contributed by atoms with Crippen molar-refractivity contribution in [3.05, 3.63) is 36.2 Å². The van der Waals surface area contributed by atoms with Gasteiger partial charge in [0.05, 0.1) is 16.6 Å². The lowest BCUT2D eigenvalue weighted by Crippen LogP contribution is -2.48. The van der Waals surface area contributed by atoms with Gasteiger partial charge in [-0.25, -0.2) is 0 Å². The minimum atomic E-state index is -0.261. The molecule has 0 spiro atoms. The summed E-state index contributed by atoms with van der Waals surface area (Å²) in [5, 5.41) is 3.11. The van der Waals surface area contributed by atoms with Crippen LogP contribution < -0.4 is 5.32 Å². The summed E-state index contributed by atoms with van der Waals surface area (Å²) in [6.07, 6.45) is 7.34. The summed E-state index contributed by atoms with van der Waals surface area (Å²) >= 11 is 6.07. The average Bonchev–Trinajstić information content (AvgIpc) is 2.95. The van der Waals surface area contributed by atoms with Crippen molar-refractivity contribution in [1.29, 1.82) is 0 Å². The lowest BCUT2D eigenvalue weighted by atomic mass is 9.99. The molecule has 5 heteroatoms. The highest BCUT2D eigenvalue weighted by Gasteiger charge is 2.35. The predicted octanol–water partition coefficient (Wildman–Crippen LogP) is 2.91. The van der Waals surface area contributed by atoms with E-state index < -0.39 is 0 Å². The Labute approximate surface area is 122 Å². The summed E-state index contributed by atoms with van der Waals surface area (Å²) in [7, 11) is 0. The van der Waals surface area contributed by atoms with Crippen molar-refractivity contribution in [2.45, 2.75) is 31.2 Å². The number of benzene rings is 1. The van der Waals surface area contributed by atoms with Crippen LogP contribution in [0, 0.1) is 0 Å². The molecule has 1 aromatic carbocycles. The second-order valence-electron chi connectivity index (χ2n) is 5.30. The molecule has 3 rings (SSSR count). The molecule has 2 aromatic rings. The summed E-state index contributed by atoms with van der Waals surface area (Å²) in [4.78, 5) is 21.0. The van der Waals surface area contributed by atoms with Gasteiger partial charge in [0, 0.05) is 18.3 Å². The molecule has 1 N–H and O–H groups in total. The van der Waals surface area contributed by atoms with Crippen LogP contribution in [0.25, 0.3) is 11.0 Å². The zero-order chi connectivity index (χ0) is 14.0. The van der Waals surface area contributed by atoms with Crippen molar-refractivity contribution in [3.63, 3.8) is 0 Å². The van der Waals surface area contributed by atoms with Gasteiger partial charge in [-0.1, -0.05) is 18.9 Å². The minimum absolute atomic E-state index is 0.112. The van der Waals surface area contributed by atoms with E-state index in [0.29, 0.717) is 17.0 Å². The smallest absolute Gasteiger partial charge is 0.254 e. The fourth-order valence-electron chi connectivity index (χ4n) is 2.83. The molecular formula is C15H16ClN3O. The molecule has 1 heterocycles. The van der Waals surface area contributed by atoms with Crippen molar-refractivity contribution in [3.8, 4) is 0 Å². The number of hydrogen-bond donors (Lipinski definition) is 1. The molecule has 0 radical (unpaired) electrons. The van der Waals surface area contributed by atoms with Crippen LogP contribution in [0.4, 0.5) is 0 Å². The number of aromatic nitrogens is 2. The third-order valence-electron chi connectivity index (χ3n) is 3.94. The number of halogens is 1. The number of fused-ring (bicyclic) bond motifs is 1. The Hall–Kier alpha value is -1.68. The van der Waals surface area contributed by atoms with E-state index in [1.165, 1.54) is 0 Å². The lowest BCUT2D eigenvalue weighted by Gasteiger charge is -2.28. The molecule has 0 bridgehead atoms. The quantitative estimate of drug-likeness (QED) is 0.884. The molecule has 104 valence electrons. The van der Waals surface area contributed by atoms with E-state index in [-0.39, 0.29) is 11.4 Å². The Morgan fingerprint density at radius 2 is 2.00 bits per heavy atom. The molecule has 0 aliphatic heterocycles. The van der Waals surface area contributed by atoms with Crippen LogP contribution in [0.2, 0.25) is 0 Å². The highest BCUT2D eigenvalue weighted by atomic mass is 35.5. The molecule has 1 aromatic heterocycles. The normalized spacial score (nSPS) is 17.2. The average molecular weight is 290 g/mol. The summed E-state index contributed by atoms with van der Waals surface area (Å²) in [6.45, 7) is 0.